The van der Waals surface area contributed by atoms with Crippen molar-refractivity contribution in [3.8, 4) is 67.3 Å². The van der Waals surface area contributed by atoms with Gasteiger partial charge in [0.1, 0.15) is 0 Å². The lowest BCUT2D eigenvalue weighted by atomic mass is 9.87. The Morgan fingerprint density at radius 3 is 1.57 bits per heavy atom. The van der Waals surface area contributed by atoms with Gasteiger partial charge < -0.3 is 9.13 Å². The number of aromatic nitrogens is 5. The van der Waals surface area contributed by atoms with Gasteiger partial charge in [-0.05, 0) is 213 Å². The molecule has 1 aliphatic heterocycles. The summed E-state index contributed by atoms with van der Waals surface area (Å²) in [7, 11) is 0. The van der Waals surface area contributed by atoms with Crippen LogP contribution >= 0.6 is 0 Å². The molecule has 6 heteroatoms. The third-order valence-electron chi connectivity index (χ3n) is 18.2. The third kappa shape index (κ3) is 8.64. The Kier molecular flexibility index (Phi) is 12.4. The van der Waals surface area contributed by atoms with Crippen LogP contribution in [0.25, 0.3) is 128 Å². The number of allylic oxidation sites excluding steroid dienone is 10. The van der Waals surface area contributed by atoms with Crippen LogP contribution in [0.15, 0.2) is 296 Å². The van der Waals surface area contributed by atoms with Gasteiger partial charge >= 0.3 is 0 Å². The Labute approximate surface area is 510 Å². The van der Waals surface area contributed by atoms with Gasteiger partial charge in [0.25, 0.3) is 0 Å². The van der Waals surface area contributed by atoms with Gasteiger partial charge in [-0.2, -0.15) is 0 Å². The number of rotatable bonds is 10. The summed E-state index contributed by atoms with van der Waals surface area (Å²) in [6.45, 7) is 0. The fraction of sp³-hybridized carbons (Fsp3) is 0.0610. The number of hydrogen-bond donors (Lipinski definition) is 0. The van der Waals surface area contributed by atoms with E-state index in [2.05, 4.69) is 245 Å². The van der Waals surface area contributed by atoms with Gasteiger partial charge in [0.05, 0.1) is 44.8 Å². The molecule has 414 valence electrons. The van der Waals surface area contributed by atoms with Crippen molar-refractivity contribution < 1.29 is 0 Å². The first-order valence-corrected chi connectivity index (χ1v) is 30.5. The minimum absolute atomic E-state index is 0.811. The van der Waals surface area contributed by atoms with Crippen LogP contribution in [0.4, 0.5) is 0 Å². The quantitative estimate of drug-likeness (QED) is 0.128. The summed E-state index contributed by atoms with van der Waals surface area (Å²) in [6, 6.07) is 77.9. The van der Waals surface area contributed by atoms with Crippen molar-refractivity contribution in [2.45, 2.75) is 32.1 Å². The van der Waals surface area contributed by atoms with Gasteiger partial charge in [0.2, 0.25) is 0 Å². The standard InChI is InChI=1S/C82H56N6/c1-2-19-59(64(23-3-1)74-28-10-14-43-83-74)55-36-41-81-72(49-55)73-50-56(62-22-6-9-26-67(62)77-31-13-17-46-86-77)37-42-82(73)88(81)78-32-18-27-63-68-52-58(38-33-57(68)51-69(63)78)87-79-39-34-53(60-20-4-7-24-65(60)75-29-11-15-44-84-75)47-70(79)71-48-54(35-40-80(71)87)61-21-5-8-25-66(61)76-30-12-16-45-85-76/h1,3-8,10-12,14-25,27-30,32-50,52H,9,13,26,31,51H2. The Balaban J connectivity index is 0.834. The molecule has 0 unspecified atom stereocenters. The predicted octanol–water partition coefficient (Wildman–Crippen LogP) is 20.3. The Bertz CT molecular complexity index is 5170. The second-order valence-corrected chi connectivity index (χ2v) is 23.2. The molecule has 17 rings (SSSR count). The molecule has 0 spiro atoms. The van der Waals surface area contributed by atoms with E-state index in [4.69, 9.17) is 19.9 Å². The van der Waals surface area contributed by atoms with Crippen LogP contribution in [-0.4, -0.2) is 29.8 Å². The summed E-state index contributed by atoms with van der Waals surface area (Å²) in [4.78, 5) is 19.4. The van der Waals surface area contributed by atoms with E-state index in [1.165, 1.54) is 77.4 Å². The van der Waals surface area contributed by atoms with Crippen LogP contribution in [0.1, 0.15) is 53.6 Å². The fourth-order valence-electron chi connectivity index (χ4n) is 14.2. The first-order valence-electron chi connectivity index (χ1n) is 30.5. The molecule has 8 aromatic carbocycles. The zero-order valence-electron chi connectivity index (χ0n) is 48.3. The smallest absolute Gasteiger partial charge is 0.0708 e. The van der Waals surface area contributed by atoms with Crippen molar-refractivity contribution in [3.63, 3.8) is 0 Å². The largest absolute Gasteiger partial charge is 0.309 e. The van der Waals surface area contributed by atoms with E-state index in [1.807, 2.05) is 49.1 Å². The van der Waals surface area contributed by atoms with Crippen molar-refractivity contribution in [2.24, 2.45) is 4.99 Å². The van der Waals surface area contributed by atoms with E-state index in [0.29, 0.717) is 0 Å². The molecule has 0 atom stereocenters. The van der Waals surface area contributed by atoms with Crippen molar-refractivity contribution in [1.29, 1.82) is 0 Å². The monoisotopic (exact) mass is 1120 g/mol. The number of aliphatic imine (C=N–C) groups is 1. The van der Waals surface area contributed by atoms with Crippen LogP contribution in [0, 0.1) is 0 Å². The molecule has 0 bridgehead atoms. The molecular weight excluding hydrogens is 1070 g/mol. The van der Waals surface area contributed by atoms with Gasteiger partial charge in [-0.3, -0.25) is 19.9 Å². The molecule has 6 nitrogen and oxygen atoms in total. The maximum atomic E-state index is 4.94. The summed E-state index contributed by atoms with van der Waals surface area (Å²) in [5.41, 5.74) is 33.5. The van der Waals surface area contributed by atoms with Gasteiger partial charge in [-0.1, -0.05) is 140 Å². The molecule has 4 aliphatic rings. The zero-order chi connectivity index (χ0) is 58.1. The Morgan fingerprint density at radius 1 is 0.398 bits per heavy atom. The molecule has 0 radical (unpaired) electrons. The number of pyridine rings is 3. The predicted molar refractivity (Wildman–Crippen MR) is 365 cm³/mol. The highest BCUT2D eigenvalue weighted by atomic mass is 15.0. The van der Waals surface area contributed by atoms with Crippen molar-refractivity contribution in [3.05, 3.63) is 319 Å². The van der Waals surface area contributed by atoms with Crippen LogP contribution in [0.2, 0.25) is 0 Å². The summed E-state index contributed by atoms with van der Waals surface area (Å²) in [5.74, 6) is 0. The van der Waals surface area contributed by atoms with E-state index in [0.717, 1.165) is 122 Å². The molecule has 0 N–H and O–H groups in total. The van der Waals surface area contributed by atoms with Crippen LogP contribution in [0.5, 0.6) is 0 Å². The summed E-state index contributed by atoms with van der Waals surface area (Å²) in [5, 5.41) is 4.77. The van der Waals surface area contributed by atoms with E-state index in [-0.39, 0.29) is 0 Å². The number of nitrogens with zero attached hydrogens (tertiary/aromatic N) is 6. The SMILES string of the molecule is C1=CC=CC(c2ccccn2)=C(c2ccc3c(c2)c2cc(C4=C(C5=NC=CCC5)CCC=C4)ccc2n3-c2cccc3c2Cc2ccc(-n4c5ccc(-c6ccccc6-c6ccccn6)cc5c5cc(-c6ccccc6-c6ccccn6)ccc54)cc2-3)C=1. The van der Waals surface area contributed by atoms with E-state index < -0.39 is 0 Å². The number of hydrogen-bond acceptors (Lipinski definition) is 4. The third-order valence-corrected chi connectivity index (χ3v) is 18.2. The highest BCUT2D eigenvalue weighted by Crippen LogP contribution is 2.47. The molecule has 0 saturated heterocycles. The molecule has 13 aromatic rings. The number of fused-ring (bicyclic) bond motifs is 9. The first-order chi connectivity index (χ1) is 43.7. The lowest BCUT2D eigenvalue weighted by Gasteiger charge is -2.19. The zero-order valence-corrected chi connectivity index (χ0v) is 48.3. The average Bonchev–Trinajstić information content (AvgIpc) is 1.73. The summed E-state index contributed by atoms with van der Waals surface area (Å²) in [6.07, 6.45) is 27.6. The van der Waals surface area contributed by atoms with Gasteiger partial charge in [0, 0.05) is 80.9 Å². The van der Waals surface area contributed by atoms with E-state index >= 15 is 0 Å². The van der Waals surface area contributed by atoms with Gasteiger partial charge in [0.15, 0.2) is 0 Å². The maximum absolute atomic E-state index is 4.94. The van der Waals surface area contributed by atoms with Crippen molar-refractivity contribution in [2.75, 3.05) is 0 Å². The highest BCUT2D eigenvalue weighted by Gasteiger charge is 2.27. The first kappa shape index (κ1) is 51.1. The molecule has 0 fully saturated rings. The molecule has 0 amide bonds. The average molecular weight is 1130 g/mol. The summed E-state index contributed by atoms with van der Waals surface area (Å²) < 4.78 is 5.00. The van der Waals surface area contributed by atoms with Gasteiger partial charge in [-0.15, -0.1) is 5.73 Å². The van der Waals surface area contributed by atoms with Crippen molar-refractivity contribution in [1.82, 2.24) is 24.1 Å². The maximum Gasteiger partial charge on any atom is 0.0708 e. The highest BCUT2D eigenvalue weighted by molar-refractivity contribution is 6.15. The lowest BCUT2D eigenvalue weighted by Crippen LogP contribution is -2.09. The Morgan fingerprint density at radius 2 is 0.955 bits per heavy atom. The number of benzene rings is 8. The second-order valence-electron chi connectivity index (χ2n) is 23.2. The van der Waals surface area contributed by atoms with E-state index in [1.54, 1.807) is 0 Å². The van der Waals surface area contributed by atoms with Crippen molar-refractivity contribution >= 4 is 66.0 Å². The van der Waals surface area contributed by atoms with Crippen LogP contribution in [-0.2, 0) is 6.42 Å². The minimum Gasteiger partial charge on any atom is -0.309 e. The Hall–Kier alpha value is -11.3. The van der Waals surface area contributed by atoms with E-state index in [9.17, 15) is 0 Å². The second kappa shape index (κ2) is 21.3. The van der Waals surface area contributed by atoms with Crippen LogP contribution in [0.3, 0.4) is 0 Å². The normalized spacial score (nSPS) is 14.4. The van der Waals surface area contributed by atoms with Gasteiger partial charge in [-0.25, -0.2) is 0 Å². The summed E-state index contributed by atoms with van der Waals surface area (Å²) >= 11 is 0. The molecular formula is C82H56N6. The molecule has 0 saturated carbocycles. The molecule has 3 aliphatic carbocycles. The van der Waals surface area contributed by atoms with Crippen LogP contribution < -0.4 is 0 Å². The minimum atomic E-state index is 0.811. The topological polar surface area (TPSA) is 60.9 Å². The molecule has 88 heavy (non-hydrogen) atoms. The molecule has 5 aromatic heterocycles. The fourth-order valence-corrected chi connectivity index (χ4v) is 14.2. The molecule has 6 heterocycles. The lowest BCUT2D eigenvalue weighted by molar-refractivity contribution is 0.974.